The number of hydrogen-bond acceptors (Lipinski definition) is 4. The predicted octanol–water partition coefficient (Wildman–Crippen LogP) is 3.59. The van der Waals surface area contributed by atoms with E-state index in [0.29, 0.717) is 13.2 Å². The van der Waals surface area contributed by atoms with Crippen LogP contribution in [0.5, 0.6) is 0 Å². The molecule has 1 N–H and O–H groups in total. The van der Waals surface area contributed by atoms with E-state index in [9.17, 15) is 0 Å². The van der Waals surface area contributed by atoms with Gasteiger partial charge in [0.15, 0.2) is 0 Å². The molecule has 0 saturated carbocycles. The molecule has 0 fully saturated rings. The first-order valence-corrected chi connectivity index (χ1v) is 6.53. The molecule has 0 saturated heterocycles. The smallest absolute Gasteiger partial charge is 0.131 e. The second-order valence-corrected chi connectivity index (χ2v) is 4.51. The quantitative estimate of drug-likeness (QED) is 0.768. The fourth-order valence-electron chi connectivity index (χ4n) is 2.14. The van der Waals surface area contributed by atoms with Crippen LogP contribution in [-0.2, 0) is 18.0 Å². The van der Waals surface area contributed by atoms with Gasteiger partial charge in [0.2, 0.25) is 0 Å². The highest BCUT2D eigenvalue weighted by atomic mass is 16.5. The maximum absolute atomic E-state index is 5.68. The second-order valence-electron chi connectivity index (χ2n) is 4.51. The van der Waals surface area contributed by atoms with Gasteiger partial charge >= 0.3 is 0 Å². The van der Waals surface area contributed by atoms with E-state index in [4.69, 9.17) is 9.15 Å². The number of fused-ring (bicyclic) bond motifs is 1. The lowest BCUT2D eigenvalue weighted by atomic mass is 10.1. The van der Waals surface area contributed by atoms with Gasteiger partial charge in [-0.15, -0.1) is 0 Å². The zero-order chi connectivity index (χ0) is 13.8. The molecule has 0 aliphatic rings. The summed E-state index contributed by atoms with van der Waals surface area (Å²) in [5.74, 6) is 1.67. The van der Waals surface area contributed by atoms with Crippen molar-refractivity contribution in [1.82, 2.24) is 4.98 Å². The van der Waals surface area contributed by atoms with Gasteiger partial charge in [0.25, 0.3) is 0 Å². The second kappa shape index (κ2) is 5.75. The van der Waals surface area contributed by atoms with E-state index in [0.717, 1.165) is 28.0 Å². The van der Waals surface area contributed by atoms with Gasteiger partial charge in [-0.25, -0.2) is 4.98 Å². The monoisotopic (exact) mass is 268 g/mol. The third-order valence-corrected chi connectivity index (χ3v) is 3.12. The Bertz CT molecular complexity index is 693. The number of nitrogens with zero attached hydrogens (tertiary/aromatic N) is 1. The van der Waals surface area contributed by atoms with Crippen LogP contribution in [0.15, 0.2) is 53.1 Å². The van der Waals surface area contributed by atoms with Crippen LogP contribution in [0.2, 0.25) is 0 Å². The summed E-state index contributed by atoms with van der Waals surface area (Å²) in [6, 6.07) is 13.9. The molecule has 1 aromatic carbocycles. The molecule has 2 heterocycles. The Morgan fingerprint density at radius 3 is 2.85 bits per heavy atom. The molecule has 0 aliphatic carbocycles. The summed E-state index contributed by atoms with van der Waals surface area (Å²) in [6.45, 7) is 0.956. The molecule has 4 nitrogen and oxygen atoms in total. The van der Waals surface area contributed by atoms with E-state index in [2.05, 4.69) is 22.4 Å². The molecule has 3 rings (SSSR count). The number of aromatic nitrogens is 1. The lowest BCUT2D eigenvalue weighted by molar-refractivity contribution is 0.0932. The maximum Gasteiger partial charge on any atom is 0.131 e. The summed E-state index contributed by atoms with van der Waals surface area (Å²) in [7, 11) is 1.87. The van der Waals surface area contributed by atoms with Crippen molar-refractivity contribution < 1.29 is 9.15 Å². The average Bonchev–Trinajstić information content (AvgIpc) is 3.00. The zero-order valence-electron chi connectivity index (χ0n) is 11.3. The van der Waals surface area contributed by atoms with Crippen molar-refractivity contribution in [3.63, 3.8) is 0 Å². The van der Waals surface area contributed by atoms with Crippen LogP contribution in [0.4, 0.5) is 5.82 Å². The van der Waals surface area contributed by atoms with Gasteiger partial charge < -0.3 is 14.5 Å². The average molecular weight is 268 g/mol. The lowest BCUT2D eigenvalue weighted by Gasteiger charge is -2.10. The van der Waals surface area contributed by atoms with Crippen molar-refractivity contribution >= 4 is 16.7 Å². The summed E-state index contributed by atoms with van der Waals surface area (Å²) in [4.78, 5) is 4.59. The number of ether oxygens (including phenoxy) is 1. The summed E-state index contributed by atoms with van der Waals surface area (Å²) in [5, 5.41) is 4.23. The third kappa shape index (κ3) is 2.65. The van der Waals surface area contributed by atoms with E-state index in [1.54, 1.807) is 6.26 Å². The van der Waals surface area contributed by atoms with E-state index in [1.807, 2.05) is 37.4 Å². The fourth-order valence-corrected chi connectivity index (χ4v) is 2.14. The minimum atomic E-state index is 0.461. The number of para-hydroxylation sites is 1. The number of anilines is 1. The number of rotatable bonds is 5. The first-order valence-electron chi connectivity index (χ1n) is 6.53. The molecular weight excluding hydrogens is 252 g/mol. The van der Waals surface area contributed by atoms with Crippen molar-refractivity contribution in [2.75, 3.05) is 12.4 Å². The molecule has 0 unspecified atom stereocenters. The Morgan fingerprint density at radius 1 is 1.15 bits per heavy atom. The third-order valence-electron chi connectivity index (χ3n) is 3.12. The normalized spacial score (nSPS) is 10.8. The van der Waals surface area contributed by atoms with Gasteiger partial charge in [0, 0.05) is 18.0 Å². The van der Waals surface area contributed by atoms with Crippen LogP contribution in [0.25, 0.3) is 10.9 Å². The zero-order valence-corrected chi connectivity index (χ0v) is 11.3. The van der Waals surface area contributed by atoms with Crippen molar-refractivity contribution in [2.45, 2.75) is 13.2 Å². The molecule has 0 atom stereocenters. The summed E-state index contributed by atoms with van der Waals surface area (Å²) >= 11 is 0. The molecule has 2 aromatic heterocycles. The largest absolute Gasteiger partial charge is 0.467 e. The van der Waals surface area contributed by atoms with Crippen molar-refractivity contribution in [2.24, 2.45) is 0 Å². The highest BCUT2D eigenvalue weighted by Crippen LogP contribution is 2.21. The van der Waals surface area contributed by atoms with E-state index < -0.39 is 0 Å². The van der Waals surface area contributed by atoms with Crippen LogP contribution >= 0.6 is 0 Å². The van der Waals surface area contributed by atoms with Gasteiger partial charge in [-0.05, 0) is 24.3 Å². The van der Waals surface area contributed by atoms with E-state index >= 15 is 0 Å². The Morgan fingerprint density at radius 2 is 2.05 bits per heavy atom. The highest BCUT2D eigenvalue weighted by Gasteiger charge is 2.06. The topological polar surface area (TPSA) is 47.3 Å². The lowest BCUT2D eigenvalue weighted by Crippen LogP contribution is -2.01. The Balaban J connectivity index is 1.78. The highest BCUT2D eigenvalue weighted by molar-refractivity contribution is 5.81. The molecule has 102 valence electrons. The number of nitrogens with one attached hydrogen (secondary N) is 1. The molecule has 0 radical (unpaired) electrons. The molecule has 0 amide bonds. The van der Waals surface area contributed by atoms with Gasteiger partial charge in [0.1, 0.15) is 18.2 Å². The summed E-state index contributed by atoms with van der Waals surface area (Å²) in [6.07, 6.45) is 1.65. The minimum Gasteiger partial charge on any atom is -0.467 e. The summed E-state index contributed by atoms with van der Waals surface area (Å²) < 4.78 is 10.9. The molecule has 20 heavy (non-hydrogen) atoms. The molecule has 0 aliphatic heterocycles. The van der Waals surface area contributed by atoms with Gasteiger partial charge in [0.05, 0.1) is 18.4 Å². The van der Waals surface area contributed by atoms with E-state index in [-0.39, 0.29) is 0 Å². The standard InChI is InChI=1S/C16H16N2O2/c1-17-16-13(10-19-11-14-6-4-8-20-14)9-12-5-2-3-7-15(12)18-16/h2-9H,10-11H2,1H3,(H,17,18). The molecule has 4 heteroatoms. The fraction of sp³-hybridized carbons (Fsp3) is 0.188. The maximum atomic E-state index is 5.68. The van der Waals surface area contributed by atoms with Gasteiger partial charge in [-0.2, -0.15) is 0 Å². The van der Waals surface area contributed by atoms with Gasteiger partial charge in [-0.1, -0.05) is 18.2 Å². The first kappa shape index (κ1) is 12.7. The number of benzene rings is 1. The van der Waals surface area contributed by atoms with Gasteiger partial charge in [-0.3, -0.25) is 0 Å². The molecule has 3 aromatic rings. The van der Waals surface area contributed by atoms with E-state index in [1.165, 1.54) is 0 Å². The van der Waals surface area contributed by atoms with Crippen LogP contribution in [-0.4, -0.2) is 12.0 Å². The Hall–Kier alpha value is -2.33. The van der Waals surface area contributed by atoms with Crippen LogP contribution in [0.1, 0.15) is 11.3 Å². The minimum absolute atomic E-state index is 0.461. The number of pyridine rings is 1. The molecule has 0 spiro atoms. The first-order chi connectivity index (χ1) is 9.86. The van der Waals surface area contributed by atoms with Crippen molar-refractivity contribution in [3.8, 4) is 0 Å². The SMILES string of the molecule is CNc1nc2ccccc2cc1COCc1ccco1. The van der Waals surface area contributed by atoms with Crippen LogP contribution < -0.4 is 5.32 Å². The Kier molecular flexibility index (Phi) is 3.65. The van der Waals surface area contributed by atoms with Crippen LogP contribution in [0, 0.1) is 0 Å². The molecule has 0 bridgehead atoms. The van der Waals surface area contributed by atoms with Crippen molar-refractivity contribution in [1.29, 1.82) is 0 Å². The van der Waals surface area contributed by atoms with Crippen molar-refractivity contribution in [3.05, 3.63) is 60.1 Å². The van der Waals surface area contributed by atoms with Crippen LogP contribution in [0.3, 0.4) is 0 Å². The summed E-state index contributed by atoms with van der Waals surface area (Å²) in [5.41, 5.74) is 2.02. The predicted molar refractivity (Wildman–Crippen MR) is 78.5 cm³/mol. The number of hydrogen-bond donors (Lipinski definition) is 1. The molecular formula is C16H16N2O2. The Labute approximate surface area is 117 Å². The number of furan rings is 1.